The van der Waals surface area contributed by atoms with Gasteiger partial charge in [0, 0.05) is 19.7 Å². The van der Waals surface area contributed by atoms with Gasteiger partial charge in [0.15, 0.2) is 0 Å². The van der Waals surface area contributed by atoms with Crippen LogP contribution in [0.3, 0.4) is 0 Å². The fraction of sp³-hybridized carbons (Fsp3) is 0.652. The number of ether oxygens (including phenoxy) is 1. The van der Waals surface area contributed by atoms with E-state index in [9.17, 15) is 21.6 Å². The molecule has 0 aromatic heterocycles. The zero-order valence-electron chi connectivity index (χ0n) is 18.7. The molecule has 0 bridgehead atoms. The number of halogens is 3. The minimum absolute atomic E-state index is 0.154. The van der Waals surface area contributed by atoms with Crippen LogP contribution in [0.5, 0.6) is 0 Å². The Hall–Kier alpha value is -1.42. The van der Waals surface area contributed by atoms with Crippen LogP contribution in [0.2, 0.25) is 0 Å². The molecule has 1 fully saturated rings. The van der Waals surface area contributed by atoms with Crippen LogP contribution in [0.4, 0.5) is 13.2 Å². The number of hydrogen-bond acceptors (Lipinski definition) is 4. The van der Waals surface area contributed by atoms with E-state index in [2.05, 4.69) is 23.2 Å². The molecule has 1 N–H and O–H groups in total. The van der Waals surface area contributed by atoms with Crippen LogP contribution in [0, 0.1) is 5.92 Å². The Morgan fingerprint density at radius 3 is 2.41 bits per heavy atom. The summed E-state index contributed by atoms with van der Waals surface area (Å²) < 4.78 is 71.0. The van der Waals surface area contributed by atoms with Crippen molar-refractivity contribution in [3.05, 3.63) is 42.5 Å². The second-order valence-electron chi connectivity index (χ2n) is 8.48. The Morgan fingerprint density at radius 2 is 1.81 bits per heavy atom. The van der Waals surface area contributed by atoms with Crippen molar-refractivity contribution in [2.75, 3.05) is 33.3 Å². The Morgan fingerprint density at radius 1 is 1.16 bits per heavy atom. The van der Waals surface area contributed by atoms with Crippen molar-refractivity contribution < 1.29 is 26.3 Å². The quantitative estimate of drug-likeness (QED) is 0.327. The van der Waals surface area contributed by atoms with E-state index in [1.54, 1.807) is 0 Å². The number of likely N-dealkylation sites (N-methyl/N-ethyl adjacent to an activating group) is 1. The van der Waals surface area contributed by atoms with Crippen molar-refractivity contribution in [1.29, 1.82) is 0 Å². The van der Waals surface area contributed by atoms with Crippen LogP contribution in [0.15, 0.2) is 41.8 Å². The zero-order valence-corrected chi connectivity index (χ0v) is 19.6. The molecule has 0 spiro atoms. The Bertz CT molecular complexity index is 790. The van der Waals surface area contributed by atoms with Gasteiger partial charge in [0.05, 0.1) is 16.6 Å². The van der Waals surface area contributed by atoms with Crippen molar-refractivity contribution in [2.45, 2.75) is 62.1 Å². The monoisotopic (exact) mass is 476 g/mol. The molecule has 1 aliphatic rings. The van der Waals surface area contributed by atoms with E-state index in [0.717, 1.165) is 82.5 Å². The number of sulfonamides is 1. The summed E-state index contributed by atoms with van der Waals surface area (Å²) in [6.07, 6.45) is 4.48. The summed E-state index contributed by atoms with van der Waals surface area (Å²) in [6.45, 7) is 6.70. The second-order valence-corrected chi connectivity index (χ2v) is 10.2. The van der Waals surface area contributed by atoms with E-state index in [0.29, 0.717) is 12.3 Å². The number of rotatable bonds is 13. The van der Waals surface area contributed by atoms with Crippen LogP contribution in [0.25, 0.3) is 0 Å². The first-order valence-electron chi connectivity index (χ1n) is 11.2. The first-order valence-corrected chi connectivity index (χ1v) is 12.7. The van der Waals surface area contributed by atoms with E-state index < -0.39 is 21.8 Å². The van der Waals surface area contributed by atoms with Gasteiger partial charge in [-0.25, -0.2) is 13.1 Å². The molecular formula is C23H35F3N2O3S. The molecule has 1 saturated carbocycles. The van der Waals surface area contributed by atoms with Gasteiger partial charge in [0.1, 0.15) is 0 Å². The molecule has 1 aromatic rings. The number of alkyl halides is 3. The van der Waals surface area contributed by atoms with Gasteiger partial charge < -0.3 is 9.64 Å². The molecule has 0 aliphatic heterocycles. The molecular weight excluding hydrogens is 441 g/mol. The highest BCUT2D eigenvalue weighted by molar-refractivity contribution is 7.89. The summed E-state index contributed by atoms with van der Waals surface area (Å²) in [5.41, 5.74) is -0.865. The molecule has 5 nitrogen and oxygen atoms in total. The fourth-order valence-corrected chi connectivity index (χ4v) is 4.98. The van der Waals surface area contributed by atoms with Gasteiger partial charge in [-0.05, 0) is 88.7 Å². The lowest BCUT2D eigenvalue weighted by molar-refractivity contribution is -0.137. The first kappa shape index (κ1) is 26.8. The summed E-state index contributed by atoms with van der Waals surface area (Å²) in [4.78, 5) is 2.07. The number of unbranched alkanes of at least 4 members (excludes halogenated alkanes) is 1. The van der Waals surface area contributed by atoms with E-state index in [1.165, 1.54) is 0 Å². The third-order valence-corrected chi connectivity index (χ3v) is 7.34. The van der Waals surface area contributed by atoms with E-state index in [4.69, 9.17) is 4.74 Å². The van der Waals surface area contributed by atoms with Gasteiger partial charge in [-0.15, -0.1) is 6.58 Å². The molecule has 0 heterocycles. The highest BCUT2D eigenvalue weighted by Gasteiger charge is 2.30. The highest BCUT2D eigenvalue weighted by atomic mass is 32.2. The van der Waals surface area contributed by atoms with Crippen molar-refractivity contribution in [3.63, 3.8) is 0 Å². The average Bonchev–Trinajstić information content (AvgIpc) is 2.74. The summed E-state index contributed by atoms with van der Waals surface area (Å²) in [5, 5.41) is 0. The van der Waals surface area contributed by atoms with Crippen LogP contribution >= 0.6 is 0 Å². The SMILES string of the molecule is C=CCN(C)CCCCOC1CCC(CCNS(=O)(=O)c2ccc(C(F)(F)F)cc2)CC1. The van der Waals surface area contributed by atoms with Crippen molar-refractivity contribution in [1.82, 2.24) is 9.62 Å². The number of benzene rings is 1. The van der Waals surface area contributed by atoms with E-state index in [1.807, 2.05) is 6.08 Å². The van der Waals surface area contributed by atoms with Gasteiger partial charge in [-0.1, -0.05) is 6.08 Å². The maximum Gasteiger partial charge on any atom is 0.416 e. The number of nitrogens with one attached hydrogen (secondary N) is 1. The first-order chi connectivity index (χ1) is 15.1. The lowest BCUT2D eigenvalue weighted by Gasteiger charge is -2.28. The van der Waals surface area contributed by atoms with Gasteiger partial charge in [-0.2, -0.15) is 13.2 Å². The predicted octanol–water partition coefficient (Wildman–Crippen LogP) is 4.85. The van der Waals surface area contributed by atoms with Gasteiger partial charge in [0.25, 0.3) is 0 Å². The van der Waals surface area contributed by atoms with E-state index >= 15 is 0 Å². The topological polar surface area (TPSA) is 58.6 Å². The Kier molecular flexibility index (Phi) is 10.7. The molecule has 2 rings (SSSR count). The molecule has 0 radical (unpaired) electrons. The van der Waals surface area contributed by atoms with Gasteiger partial charge >= 0.3 is 6.18 Å². The molecule has 1 aromatic carbocycles. The molecule has 9 heteroatoms. The van der Waals surface area contributed by atoms with E-state index in [-0.39, 0.29) is 17.5 Å². The predicted molar refractivity (Wildman–Crippen MR) is 120 cm³/mol. The number of nitrogens with zero attached hydrogens (tertiary/aromatic N) is 1. The average molecular weight is 477 g/mol. The Labute approximate surface area is 190 Å². The smallest absolute Gasteiger partial charge is 0.378 e. The van der Waals surface area contributed by atoms with Crippen LogP contribution in [0.1, 0.15) is 50.5 Å². The fourth-order valence-electron chi connectivity index (χ4n) is 3.94. The lowest BCUT2D eigenvalue weighted by atomic mass is 9.85. The number of hydrogen-bond donors (Lipinski definition) is 1. The maximum absolute atomic E-state index is 12.6. The summed E-state index contributed by atoms with van der Waals surface area (Å²) in [7, 11) is -1.74. The van der Waals surface area contributed by atoms with Crippen molar-refractivity contribution in [3.8, 4) is 0 Å². The maximum atomic E-state index is 12.6. The lowest BCUT2D eigenvalue weighted by Crippen LogP contribution is -2.28. The van der Waals surface area contributed by atoms with Crippen LogP contribution in [-0.4, -0.2) is 52.7 Å². The third-order valence-electron chi connectivity index (χ3n) is 5.86. The molecule has 0 saturated heterocycles. The second kappa shape index (κ2) is 12.7. The zero-order chi connectivity index (χ0) is 23.6. The minimum Gasteiger partial charge on any atom is -0.378 e. The van der Waals surface area contributed by atoms with Crippen molar-refractivity contribution >= 4 is 10.0 Å². The third kappa shape index (κ3) is 9.21. The largest absolute Gasteiger partial charge is 0.416 e. The van der Waals surface area contributed by atoms with Crippen LogP contribution < -0.4 is 4.72 Å². The van der Waals surface area contributed by atoms with Crippen molar-refractivity contribution in [2.24, 2.45) is 5.92 Å². The standard InChI is InChI=1S/C23H35F3N2O3S/c1-3-16-28(2)17-4-5-18-31-21-10-6-19(7-11-21)14-15-27-32(29,30)22-12-8-20(9-13-22)23(24,25)26/h3,8-9,12-13,19,21,27H,1,4-7,10-11,14-18H2,2H3. The molecule has 32 heavy (non-hydrogen) atoms. The highest BCUT2D eigenvalue weighted by Crippen LogP contribution is 2.30. The normalized spacial score (nSPS) is 19.9. The van der Waals surface area contributed by atoms with Gasteiger partial charge in [-0.3, -0.25) is 0 Å². The molecule has 1 aliphatic carbocycles. The molecule has 0 amide bonds. The molecule has 182 valence electrons. The molecule has 0 atom stereocenters. The van der Waals surface area contributed by atoms with Gasteiger partial charge in [0.2, 0.25) is 10.0 Å². The van der Waals surface area contributed by atoms with Crippen LogP contribution in [-0.2, 0) is 20.9 Å². The minimum atomic E-state index is -4.49. The summed E-state index contributed by atoms with van der Waals surface area (Å²) in [6, 6.07) is 3.56. The summed E-state index contributed by atoms with van der Waals surface area (Å²) >= 11 is 0. The Balaban J connectivity index is 1.62. The molecule has 0 unspecified atom stereocenters. The summed E-state index contributed by atoms with van der Waals surface area (Å²) in [5.74, 6) is 0.428.